The molecule has 2 atom stereocenters. The van der Waals surface area contributed by atoms with E-state index in [9.17, 15) is 14.4 Å². The molecule has 1 aliphatic rings. The Balaban J connectivity index is 2.19. The van der Waals surface area contributed by atoms with Crippen LogP contribution in [0.25, 0.3) is 0 Å². The molecule has 1 N–H and O–H groups in total. The first kappa shape index (κ1) is 21.6. The molecule has 0 fully saturated rings. The van der Waals surface area contributed by atoms with Crippen molar-refractivity contribution in [2.24, 2.45) is 11.8 Å². The van der Waals surface area contributed by atoms with E-state index in [1.807, 2.05) is 6.08 Å². The van der Waals surface area contributed by atoms with Crippen LogP contribution < -0.4 is 11.2 Å². The molecule has 0 amide bonds. The summed E-state index contributed by atoms with van der Waals surface area (Å²) in [5.74, 6) is 0.459. The van der Waals surface area contributed by atoms with Crippen LogP contribution in [0.1, 0.15) is 45.7 Å². The molecule has 0 bridgehead atoms. The van der Waals surface area contributed by atoms with Crippen LogP contribution in [0.15, 0.2) is 27.4 Å². The molecule has 0 saturated carbocycles. The Kier molecular flexibility index (Phi) is 6.16. The monoisotopic (exact) mass is 392 g/mol. The minimum atomic E-state index is -1.99. The zero-order chi connectivity index (χ0) is 20.6. The smallest absolute Gasteiger partial charge is 0.328 e. The van der Waals surface area contributed by atoms with E-state index in [1.165, 1.54) is 4.57 Å². The van der Waals surface area contributed by atoms with E-state index in [-0.39, 0.29) is 22.6 Å². The summed E-state index contributed by atoms with van der Waals surface area (Å²) in [6.45, 7) is 15.5. The lowest BCUT2D eigenvalue weighted by molar-refractivity contribution is -0.105. The van der Waals surface area contributed by atoms with Gasteiger partial charge in [0.05, 0.1) is 6.04 Å². The number of carbonyl (C=O) groups is 1. The summed E-state index contributed by atoms with van der Waals surface area (Å²) >= 11 is 0. The second-order valence-electron chi connectivity index (χ2n) is 8.96. The number of aryl methyl sites for hydroxylation is 1. The van der Waals surface area contributed by atoms with Crippen LogP contribution in [0.2, 0.25) is 18.1 Å². The first-order chi connectivity index (χ1) is 12.4. The van der Waals surface area contributed by atoms with Crippen molar-refractivity contribution in [1.29, 1.82) is 0 Å². The highest BCUT2D eigenvalue weighted by atomic mass is 28.4. The number of nitrogens with zero attached hydrogens (tertiary/aromatic N) is 1. The van der Waals surface area contributed by atoms with Crippen molar-refractivity contribution in [3.8, 4) is 0 Å². The van der Waals surface area contributed by atoms with Crippen LogP contribution in [0, 0.1) is 18.8 Å². The molecule has 0 aromatic carbocycles. The van der Waals surface area contributed by atoms with E-state index >= 15 is 0 Å². The number of aromatic amines is 1. The van der Waals surface area contributed by atoms with Gasteiger partial charge in [-0.05, 0) is 43.0 Å². The molecule has 1 aromatic heterocycles. The average molecular weight is 393 g/mol. The summed E-state index contributed by atoms with van der Waals surface area (Å²) in [6, 6.07) is -0.246. The summed E-state index contributed by atoms with van der Waals surface area (Å²) in [7, 11) is -1.99. The van der Waals surface area contributed by atoms with Crippen LogP contribution in [-0.2, 0) is 9.22 Å². The highest BCUT2D eigenvalue weighted by Crippen LogP contribution is 2.45. The number of hydrogen-bond donors (Lipinski definition) is 1. The van der Waals surface area contributed by atoms with Crippen molar-refractivity contribution >= 4 is 14.6 Å². The lowest BCUT2D eigenvalue weighted by Crippen LogP contribution is -2.46. The van der Waals surface area contributed by atoms with Crippen LogP contribution >= 0.6 is 0 Å². The third-order valence-electron chi connectivity index (χ3n) is 6.66. The van der Waals surface area contributed by atoms with Crippen molar-refractivity contribution in [2.75, 3.05) is 6.61 Å². The van der Waals surface area contributed by atoms with Crippen molar-refractivity contribution in [3.05, 3.63) is 44.2 Å². The normalized spacial score (nSPS) is 20.8. The van der Waals surface area contributed by atoms with Gasteiger partial charge in [-0.25, -0.2) is 4.79 Å². The van der Waals surface area contributed by atoms with Gasteiger partial charge in [-0.3, -0.25) is 19.1 Å². The third kappa shape index (κ3) is 4.24. The van der Waals surface area contributed by atoms with Crippen molar-refractivity contribution < 1.29 is 9.22 Å². The number of rotatable bonds is 7. The minimum absolute atomic E-state index is 0.0404. The highest BCUT2D eigenvalue weighted by Gasteiger charge is 2.44. The van der Waals surface area contributed by atoms with Crippen LogP contribution in [-0.4, -0.2) is 30.8 Å². The number of aromatic nitrogens is 2. The van der Waals surface area contributed by atoms with Crippen LogP contribution in [0.5, 0.6) is 0 Å². The zero-order valence-corrected chi connectivity index (χ0v) is 18.5. The van der Waals surface area contributed by atoms with Gasteiger partial charge in [0, 0.05) is 24.3 Å². The Hall–Kier alpha value is -1.73. The Labute approximate surface area is 161 Å². The van der Waals surface area contributed by atoms with Gasteiger partial charge in [0.15, 0.2) is 8.32 Å². The van der Waals surface area contributed by atoms with Gasteiger partial charge in [0.25, 0.3) is 5.56 Å². The lowest BCUT2D eigenvalue weighted by atomic mass is 9.99. The molecule has 7 heteroatoms. The van der Waals surface area contributed by atoms with Gasteiger partial charge >= 0.3 is 5.69 Å². The van der Waals surface area contributed by atoms with Crippen LogP contribution in [0.4, 0.5) is 0 Å². The number of H-pyrrole nitrogens is 1. The maximum atomic E-state index is 12.2. The summed E-state index contributed by atoms with van der Waals surface area (Å²) in [4.78, 5) is 37.7. The topological polar surface area (TPSA) is 81.2 Å². The van der Waals surface area contributed by atoms with Crippen molar-refractivity contribution in [2.45, 2.75) is 65.2 Å². The number of nitrogens with one attached hydrogen (secondary N) is 1. The molecule has 2 rings (SSSR count). The number of allylic oxidation sites excluding steroid dienone is 1. The van der Waals surface area contributed by atoms with E-state index < -0.39 is 14.0 Å². The third-order valence-corrected chi connectivity index (χ3v) is 11.2. The van der Waals surface area contributed by atoms with E-state index in [1.54, 1.807) is 13.1 Å². The van der Waals surface area contributed by atoms with Gasteiger partial charge in [-0.2, -0.15) is 0 Å². The lowest BCUT2D eigenvalue weighted by Gasteiger charge is -2.43. The van der Waals surface area contributed by atoms with Crippen molar-refractivity contribution in [3.63, 3.8) is 0 Å². The predicted molar refractivity (Wildman–Crippen MR) is 110 cm³/mol. The maximum absolute atomic E-state index is 12.2. The summed E-state index contributed by atoms with van der Waals surface area (Å²) < 4.78 is 7.92. The van der Waals surface area contributed by atoms with Gasteiger partial charge in [-0.1, -0.05) is 33.8 Å². The first-order valence-corrected chi connectivity index (χ1v) is 12.4. The van der Waals surface area contributed by atoms with E-state index in [0.29, 0.717) is 30.1 Å². The summed E-state index contributed by atoms with van der Waals surface area (Å²) in [6.07, 6.45) is 4.86. The second kappa shape index (κ2) is 7.71. The zero-order valence-electron chi connectivity index (χ0n) is 17.5. The molecule has 27 heavy (non-hydrogen) atoms. The second-order valence-corrected chi connectivity index (χ2v) is 13.6. The number of carbonyl (C=O) groups excluding carboxylic acids is 1. The molecule has 0 unspecified atom stereocenters. The molecule has 1 aromatic rings. The molecule has 1 heterocycles. The molecule has 0 saturated heterocycles. The Morgan fingerprint density at radius 1 is 1.37 bits per heavy atom. The number of hydrogen-bond acceptors (Lipinski definition) is 4. The molecule has 0 aliphatic heterocycles. The Bertz CT molecular complexity index is 848. The van der Waals surface area contributed by atoms with E-state index in [4.69, 9.17) is 4.43 Å². The van der Waals surface area contributed by atoms with Gasteiger partial charge < -0.3 is 4.43 Å². The molecule has 0 radical (unpaired) electrons. The standard InChI is InChI=1S/C20H32N2O4Si/c1-13(2)20(4,5)27(6,7)26-12-16-9-17(8-15(16)11-23)22-10-14(3)18(24)21-19(22)25/h8,10-11,13,16-17H,9,12H2,1-7H3,(H,21,24,25)/t16-,17+/m1/s1. The largest absolute Gasteiger partial charge is 0.416 e. The van der Waals surface area contributed by atoms with E-state index in [0.717, 1.165) is 6.29 Å². The fraction of sp³-hybridized carbons (Fsp3) is 0.650. The predicted octanol–water partition coefficient (Wildman–Crippen LogP) is 3.19. The van der Waals surface area contributed by atoms with Gasteiger partial charge in [0.2, 0.25) is 0 Å². The van der Waals surface area contributed by atoms with Gasteiger partial charge in [0.1, 0.15) is 6.29 Å². The van der Waals surface area contributed by atoms with Gasteiger partial charge in [-0.15, -0.1) is 0 Å². The number of aldehydes is 1. The first-order valence-electron chi connectivity index (χ1n) is 9.53. The fourth-order valence-corrected chi connectivity index (χ4v) is 5.75. The Morgan fingerprint density at radius 2 is 2.00 bits per heavy atom. The fourth-order valence-electron chi connectivity index (χ4n) is 3.37. The molecule has 6 nitrogen and oxygen atoms in total. The quantitative estimate of drug-likeness (QED) is 0.571. The molecule has 150 valence electrons. The van der Waals surface area contributed by atoms with Crippen molar-refractivity contribution in [1.82, 2.24) is 9.55 Å². The molecule has 1 aliphatic carbocycles. The molecular formula is C20H32N2O4Si. The minimum Gasteiger partial charge on any atom is -0.416 e. The molecular weight excluding hydrogens is 360 g/mol. The Morgan fingerprint density at radius 3 is 2.56 bits per heavy atom. The summed E-state index contributed by atoms with van der Waals surface area (Å²) in [5, 5.41) is 0.100. The van der Waals surface area contributed by atoms with E-state index in [2.05, 4.69) is 45.8 Å². The SMILES string of the molecule is Cc1cn([C@H]2C=C(C=O)[C@@H](CO[Si](C)(C)C(C)(C)C(C)C)C2)c(=O)[nH]c1=O. The maximum Gasteiger partial charge on any atom is 0.328 e. The summed E-state index contributed by atoms with van der Waals surface area (Å²) in [5.41, 5.74) is 0.317. The molecule has 0 spiro atoms. The average Bonchev–Trinajstić information content (AvgIpc) is 2.99. The highest BCUT2D eigenvalue weighted by molar-refractivity contribution is 6.74. The van der Waals surface area contributed by atoms with Crippen LogP contribution in [0.3, 0.4) is 0 Å².